The predicted molar refractivity (Wildman–Crippen MR) is 51.0 cm³/mol. The van der Waals surface area contributed by atoms with Crippen molar-refractivity contribution in [1.29, 1.82) is 0 Å². The maximum Gasteiger partial charge on any atom is 0.0999 e. The lowest BCUT2D eigenvalue weighted by Crippen LogP contribution is -2.40. The summed E-state index contributed by atoms with van der Waals surface area (Å²) in [5, 5.41) is 0. The molecule has 0 saturated carbocycles. The van der Waals surface area contributed by atoms with Gasteiger partial charge in [-0.2, -0.15) is 0 Å². The van der Waals surface area contributed by atoms with Crippen LogP contribution in [0.15, 0.2) is 0 Å². The summed E-state index contributed by atoms with van der Waals surface area (Å²) in [5.74, 6) is 0.636. The third kappa shape index (κ3) is 2.20. The van der Waals surface area contributed by atoms with E-state index in [1.165, 1.54) is 0 Å². The predicted octanol–water partition coefficient (Wildman–Crippen LogP) is 2.10. The fraction of sp³-hybridized carbons (Fsp3) is 1.00. The van der Waals surface area contributed by atoms with Crippen LogP contribution in [0, 0.1) is 5.92 Å². The molecule has 0 radical (unpaired) electrons. The van der Waals surface area contributed by atoms with Crippen molar-refractivity contribution in [2.75, 3.05) is 13.3 Å². The molecule has 2 nitrogen and oxygen atoms in total. The Morgan fingerprint density at radius 3 is 2.17 bits per heavy atom. The van der Waals surface area contributed by atoms with Crippen molar-refractivity contribution < 1.29 is 4.74 Å². The van der Waals surface area contributed by atoms with Crippen molar-refractivity contribution >= 4 is 0 Å². The van der Waals surface area contributed by atoms with Crippen LogP contribution in [0.3, 0.4) is 0 Å². The van der Waals surface area contributed by atoms with Gasteiger partial charge in [0.1, 0.15) is 0 Å². The Kier molecular flexibility index (Phi) is 2.79. The minimum atomic E-state index is 0.254. The first kappa shape index (κ1) is 10.0. The van der Waals surface area contributed by atoms with Gasteiger partial charge >= 0.3 is 0 Å². The zero-order valence-corrected chi connectivity index (χ0v) is 8.92. The minimum Gasteiger partial charge on any atom is -0.361 e. The van der Waals surface area contributed by atoms with E-state index in [1.54, 1.807) is 0 Å². The number of hydrogen-bond acceptors (Lipinski definition) is 2. The van der Waals surface area contributed by atoms with Crippen LogP contribution < -0.4 is 0 Å². The molecular formula is C10H21NO. The molecule has 0 aromatic heterocycles. The fourth-order valence-corrected chi connectivity index (χ4v) is 1.38. The molecule has 1 fully saturated rings. The van der Waals surface area contributed by atoms with Crippen LogP contribution in [0.25, 0.3) is 0 Å². The molecule has 2 heteroatoms. The molecule has 0 aromatic rings. The molecule has 1 saturated heterocycles. The smallest absolute Gasteiger partial charge is 0.0999 e. The van der Waals surface area contributed by atoms with E-state index in [0.29, 0.717) is 12.0 Å². The van der Waals surface area contributed by atoms with E-state index >= 15 is 0 Å². The van der Waals surface area contributed by atoms with Crippen LogP contribution in [-0.2, 0) is 4.74 Å². The van der Waals surface area contributed by atoms with Crippen molar-refractivity contribution in [3.8, 4) is 0 Å². The fourth-order valence-electron chi connectivity index (χ4n) is 1.38. The molecule has 1 unspecified atom stereocenters. The molecule has 1 aliphatic heterocycles. The largest absolute Gasteiger partial charge is 0.361 e. The van der Waals surface area contributed by atoms with Gasteiger partial charge in [-0.1, -0.05) is 13.8 Å². The summed E-state index contributed by atoms with van der Waals surface area (Å²) >= 11 is 0. The lowest BCUT2D eigenvalue weighted by molar-refractivity contribution is 0.0456. The molecular weight excluding hydrogens is 150 g/mol. The first-order chi connectivity index (χ1) is 5.41. The first-order valence-electron chi connectivity index (χ1n) is 4.78. The topological polar surface area (TPSA) is 12.5 Å². The molecule has 0 spiro atoms. The number of nitrogens with zero attached hydrogens (tertiary/aromatic N) is 1. The number of hydrogen-bond donors (Lipinski definition) is 0. The van der Waals surface area contributed by atoms with Gasteiger partial charge in [-0.15, -0.1) is 0 Å². The van der Waals surface area contributed by atoms with Crippen molar-refractivity contribution in [2.24, 2.45) is 5.92 Å². The average Bonchev–Trinajstić information content (AvgIpc) is 2.30. The van der Waals surface area contributed by atoms with E-state index in [4.69, 9.17) is 4.74 Å². The second-order valence-electron chi connectivity index (χ2n) is 4.97. The number of ether oxygens (including phenoxy) is 1. The van der Waals surface area contributed by atoms with E-state index < -0.39 is 0 Å². The summed E-state index contributed by atoms with van der Waals surface area (Å²) < 4.78 is 5.68. The molecule has 72 valence electrons. The summed E-state index contributed by atoms with van der Waals surface area (Å²) in [4.78, 5) is 2.39. The summed E-state index contributed by atoms with van der Waals surface area (Å²) in [6.07, 6.45) is 0.434. The second-order valence-corrected chi connectivity index (χ2v) is 4.97. The van der Waals surface area contributed by atoms with Gasteiger partial charge in [0.2, 0.25) is 0 Å². The highest BCUT2D eigenvalue weighted by molar-refractivity contribution is 4.82. The molecule has 1 aliphatic rings. The van der Waals surface area contributed by atoms with Crippen LogP contribution in [0.2, 0.25) is 0 Å². The van der Waals surface area contributed by atoms with Gasteiger partial charge in [0.05, 0.1) is 12.8 Å². The Balaban J connectivity index is 2.46. The van der Waals surface area contributed by atoms with Crippen molar-refractivity contribution in [3.63, 3.8) is 0 Å². The molecule has 12 heavy (non-hydrogen) atoms. The molecule has 0 aliphatic carbocycles. The van der Waals surface area contributed by atoms with Crippen LogP contribution in [0.1, 0.15) is 34.6 Å². The third-order valence-corrected chi connectivity index (χ3v) is 2.54. The van der Waals surface area contributed by atoms with Gasteiger partial charge in [0, 0.05) is 12.1 Å². The SMILES string of the molecule is CC(C)C1CN(C(C)(C)C)CO1. The standard InChI is InChI=1S/C10H21NO/c1-8(2)9-6-11(7-12-9)10(3,4)5/h8-9H,6-7H2,1-5H3. The quantitative estimate of drug-likeness (QED) is 0.599. The molecule has 0 bridgehead atoms. The Labute approximate surface area is 75.9 Å². The molecule has 0 amide bonds. The van der Waals surface area contributed by atoms with Gasteiger partial charge in [-0.3, -0.25) is 4.90 Å². The molecule has 0 aromatic carbocycles. The summed E-state index contributed by atoms with van der Waals surface area (Å²) in [5.41, 5.74) is 0.254. The van der Waals surface area contributed by atoms with E-state index in [2.05, 4.69) is 39.5 Å². The highest BCUT2D eigenvalue weighted by Crippen LogP contribution is 2.22. The highest BCUT2D eigenvalue weighted by atomic mass is 16.5. The maximum absolute atomic E-state index is 5.68. The Morgan fingerprint density at radius 2 is 1.92 bits per heavy atom. The van der Waals surface area contributed by atoms with E-state index in [0.717, 1.165) is 13.3 Å². The zero-order chi connectivity index (χ0) is 9.35. The average molecular weight is 171 g/mol. The third-order valence-electron chi connectivity index (χ3n) is 2.54. The second kappa shape index (κ2) is 3.35. The van der Waals surface area contributed by atoms with Crippen LogP contribution in [0.5, 0.6) is 0 Å². The molecule has 1 heterocycles. The Hall–Kier alpha value is -0.0800. The van der Waals surface area contributed by atoms with E-state index in [1.807, 2.05) is 0 Å². The van der Waals surface area contributed by atoms with Gasteiger partial charge in [0.15, 0.2) is 0 Å². The van der Waals surface area contributed by atoms with Crippen LogP contribution in [-0.4, -0.2) is 29.8 Å². The zero-order valence-electron chi connectivity index (χ0n) is 8.92. The van der Waals surface area contributed by atoms with Crippen LogP contribution in [0.4, 0.5) is 0 Å². The monoisotopic (exact) mass is 171 g/mol. The summed E-state index contributed by atoms with van der Waals surface area (Å²) in [6.45, 7) is 13.0. The lowest BCUT2D eigenvalue weighted by Gasteiger charge is -2.30. The summed E-state index contributed by atoms with van der Waals surface area (Å²) in [7, 11) is 0. The Bertz CT molecular complexity index is 148. The van der Waals surface area contributed by atoms with Crippen molar-refractivity contribution in [1.82, 2.24) is 4.90 Å². The molecule has 1 atom stereocenters. The van der Waals surface area contributed by atoms with Gasteiger partial charge in [-0.05, 0) is 26.7 Å². The first-order valence-corrected chi connectivity index (χ1v) is 4.78. The van der Waals surface area contributed by atoms with Crippen molar-refractivity contribution in [3.05, 3.63) is 0 Å². The molecule has 0 N–H and O–H groups in total. The normalized spacial score (nSPS) is 27.0. The van der Waals surface area contributed by atoms with E-state index in [9.17, 15) is 0 Å². The molecule has 1 rings (SSSR count). The minimum absolute atomic E-state index is 0.254. The van der Waals surface area contributed by atoms with Crippen molar-refractivity contribution in [2.45, 2.75) is 46.3 Å². The Morgan fingerprint density at radius 1 is 1.33 bits per heavy atom. The summed E-state index contributed by atoms with van der Waals surface area (Å²) in [6, 6.07) is 0. The van der Waals surface area contributed by atoms with Gasteiger partial charge in [0.25, 0.3) is 0 Å². The highest BCUT2D eigenvalue weighted by Gasteiger charge is 2.32. The lowest BCUT2D eigenvalue weighted by atomic mass is 10.0. The van der Waals surface area contributed by atoms with Crippen LogP contribution >= 0.6 is 0 Å². The maximum atomic E-state index is 5.68. The van der Waals surface area contributed by atoms with Gasteiger partial charge in [-0.25, -0.2) is 0 Å². The van der Waals surface area contributed by atoms with E-state index in [-0.39, 0.29) is 5.54 Å². The number of rotatable bonds is 1. The van der Waals surface area contributed by atoms with Gasteiger partial charge < -0.3 is 4.74 Å².